The number of nitrogens with zero attached hydrogens (tertiary/aromatic N) is 1. The van der Waals surface area contributed by atoms with E-state index >= 15 is 0 Å². The van der Waals surface area contributed by atoms with Crippen molar-refractivity contribution in [1.82, 2.24) is 0 Å². The Morgan fingerprint density at radius 1 is 1.21 bits per heavy atom. The highest BCUT2D eigenvalue weighted by molar-refractivity contribution is 9.10. The van der Waals surface area contributed by atoms with Gasteiger partial charge < -0.3 is 14.8 Å². The third-order valence-electron chi connectivity index (χ3n) is 4.40. The van der Waals surface area contributed by atoms with Crippen molar-refractivity contribution in [1.29, 1.82) is 5.26 Å². The predicted octanol–water partition coefficient (Wildman–Crippen LogP) is 7.03. The second-order valence-electron chi connectivity index (χ2n) is 6.68. The fourth-order valence-corrected chi connectivity index (χ4v) is 3.77. The van der Waals surface area contributed by atoms with Gasteiger partial charge in [-0.3, -0.25) is 4.79 Å². The summed E-state index contributed by atoms with van der Waals surface area (Å²) in [6, 6.07) is 16.0. The molecule has 0 radical (unpaired) electrons. The van der Waals surface area contributed by atoms with Gasteiger partial charge in [0.25, 0.3) is 5.91 Å². The number of rotatable bonds is 7. The lowest BCUT2D eigenvalue weighted by Crippen LogP contribution is -2.13. The van der Waals surface area contributed by atoms with Crippen molar-refractivity contribution in [2.75, 3.05) is 12.4 Å². The van der Waals surface area contributed by atoms with Crippen molar-refractivity contribution in [3.63, 3.8) is 0 Å². The first-order valence-electron chi connectivity index (χ1n) is 9.44. The van der Waals surface area contributed by atoms with Crippen molar-refractivity contribution in [3.05, 3.63) is 91.6 Å². The Hall–Kier alpha value is -3.05. The molecular weight excluding hydrogens is 534 g/mol. The van der Waals surface area contributed by atoms with Crippen LogP contribution in [0.15, 0.2) is 64.6 Å². The number of nitriles is 1. The molecule has 0 aliphatic heterocycles. The molecule has 0 saturated carbocycles. The summed E-state index contributed by atoms with van der Waals surface area (Å²) >= 11 is 15.5. The number of hydrogen-bond acceptors (Lipinski definition) is 4. The van der Waals surface area contributed by atoms with Crippen molar-refractivity contribution in [2.24, 2.45) is 0 Å². The Balaban J connectivity index is 1.84. The van der Waals surface area contributed by atoms with Gasteiger partial charge in [-0.1, -0.05) is 41.4 Å². The highest BCUT2D eigenvalue weighted by atomic mass is 79.9. The first-order chi connectivity index (χ1) is 15.8. The lowest BCUT2D eigenvalue weighted by Gasteiger charge is -2.14. The second kappa shape index (κ2) is 11.2. The van der Waals surface area contributed by atoms with Crippen LogP contribution in [0.5, 0.6) is 11.5 Å². The van der Waals surface area contributed by atoms with Crippen LogP contribution in [-0.4, -0.2) is 13.0 Å². The summed E-state index contributed by atoms with van der Waals surface area (Å²) in [6.45, 7) is 0.119. The van der Waals surface area contributed by atoms with Gasteiger partial charge in [0.05, 0.1) is 27.3 Å². The van der Waals surface area contributed by atoms with Gasteiger partial charge in [-0.15, -0.1) is 0 Å². The van der Waals surface area contributed by atoms with Gasteiger partial charge in [-0.05, 0) is 69.5 Å². The van der Waals surface area contributed by atoms with Gasteiger partial charge in [0.1, 0.15) is 24.1 Å². The van der Waals surface area contributed by atoms with Crippen molar-refractivity contribution < 1.29 is 18.7 Å². The molecule has 0 aromatic heterocycles. The smallest absolute Gasteiger partial charge is 0.266 e. The summed E-state index contributed by atoms with van der Waals surface area (Å²) in [5, 5.41) is 12.5. The van der Waals surface area contributed by atoms with E-state index in [1.54, 1.807) is 42.5 Å². The van der Waals surface area contributed by atoms with Gasteiger partial charge in [-0.25, -0.2) is 4.39 Å². The van der Waals surface area contributed by atoms with Gasteiger partial charge in [0.15, 0.2) is 11.5 Å². The van der Waals surface area contributed by atoms with Gasteiger partial charge in [-0.2, -0.15) is 5.26 Å². The minimum absolute atomic E-state index is 0.119. The maximum Gasteiger partial charge on any atom is 0.266 e. The summed E-state index contributed by atoms with van der Waals surface area (Å²) in [6.07, 6.45) is 1.40. The van der Waals surface area contributed by atoms with Crippen molar-refractivity contribution >= 4 is 56.8 Å². The Bertz CT molecular complexity index is 1280. The molecule has 0 heterocycles. The fraction of sp³-hybridized carbons (Fsp3) is 0.0833. The number of ether oxygens (including phenoxy) is 2. The molecule has 5 nitrogen and oxygen atoms in total. The number of nitrogens with one attached hydrogen (secondary N) is 1. The number of hydrogen-bond donors (Lipinski definition) is 1. The standard InChI is InChI=1S/C24H16BrCl2FN2O3/c1-32-21-11-15(10-18(25)23(21)33-13-14-4-2-5-17(28)9-14)8-16(12-29)24(31)30-20-7-3-6-19(26)22(20)27/h2-11H,13H2,1H3,(H,30,31)/b16-8+. The van der Waals surface area contributed by atoms with E-state index in [9.17, 15) is 14.4 Å². The van der Waals surface area contributed by atoms with Gasteiger partial charge in [0, 0.05) is 0 Å². The molecule has 0 spiro atoms. The Kier molecular flexibility index (Phi) is 8.34. The van der Waals surface area contributed by atoms with E-state index in [2.05, 4.69) is 21.2 Å². The van der Waals surface area contributed by atoms with Gasteiger partial charge in [0.2, 0.25) is 0 Å². The molecule has 9 heteroatoms. The largest absolute Gasteiger partial charge is 0.493 e. The summed E-state index contributed by atoms with van der Waals surface area (Å²) in [4.78, 5) is 12.6. The quantitative estimate of drug-likeness (QED) is 0.254. The zero-order valence-electron chi connectivity index (χ0n) is 17.2. The third-order valence-corrected chi connectivity index (χ3v) is 5.81. The third kappa shape index (κ3) is 6.26. The Labute approximate surface area is 208 Å². The van der Waals surface area contributed by atoms with Crippen LogP contribution in [0.25, 0.3) is 6.08 Å². The Morgan fingerprint density at radius 2 is 1.97 bits per heavy atom. The number of halogens is 4. The molecule has 0 bridgehead atoms. The molecule has 0 aliphatic carbocycles. The van der Waals surface area contributed by atoms with E-state index in [4.69, 9.17) is 32.7 Å². The molecule has 3 aromatic carbocycles. The molecule has 0 atom stereocenters. The van der Waals surface area contributed by atoms with Crippen LogP contribution in [0, 0.1) is 17.1 Å². The average molecular weight is 550 g/mol. The second-order valence-corrected chi connectivity index (χ2v) is 8.32. The highest BCUT2D eigenvalue weighted by Gasteiger charge is 2.16. The number of methoxy groups -OCH3 is 1. The number of amides is 1. The molecule has 0 fully saturated rings. The first-order valence-corrected chi connectivity index (χ1v) is 11.0. The molecule has 1 amide bonds. The lowest BCUT2D eigenvalue weighted by atomic mass is 10.1. The van der Waals surface area contributed by atoms with Crippen LogP contribution in [0.2, 0.25) is 10.0 Å². The highest BCUT2D eigenvalue weighted by Crippen LogP contribution is 2.38. The van der Waals surface area contributed by atoms with Crippen LogP contribution in [0.3, 0.4) is 0 Å². The van der Waals surface area contributed by atoms with E-state index in [0.29, 0.717) is 27.1 Å². The molecule has 168 valence electrons. The van der Waals surface area contributed by atoms with Crippen LogP contribution in [-0.2, 0) is 11.4 Å². The molecule has 33 heavy (non-hydrogen) atoms. The summed E-state index contributed by atoms with van der Waals surface area (Å²) in [5.74, 6) is -0.248. The lowest BCUT2D eigenvalue weighted by molar-refractivity contribution is -0.112. The van der Waals surface area contributed by atoms with E-state index in [-0.39, 0.29) is 33.7 Å². The molecule has 0 aliphatic rings. The maximum absolute atomic E-state index is 13.4. The van der Waals surface area contributed by atoms with E-state index < -0.39 is 5.91 Å². The minimum atomic E-state index is -0.650. The molecule has 3 aromatic rings. The zero-order valence-corrected chi connectivity index (χ0v) is 20.3. The van der Waals surface area contributed by atoms with Crippen LogP contribution in [0.1, 0.15) is 11.1 Å². The summed E-state index contributed by atoms with van der Waals surface area (Å²) < 4.78 is 25.1. The first kappa shape index (κ1) is 24.6. The average Bonchev–Trinajstić information content (AvgIpc) is 2.79. The minimum Gasteiger partial charge on any atom is -0.493 e. The van der Waals surface area contributed by atoms with Crippen LogP contribution >= 0.6 is 39.1 Å². The zero-order chi connectivity index (χ0) is 24.0. The molecule has 1 N–H and O–H groups in total. The number of benzene rings is 3. The summed E-state index contributed by atoms with van der Waals surface area (Å²) in [5.41, 5.74) is 1.29. The number of carbonyl (C=O) groups excluding carboxylic acids is 1. The van der Waals surface area contributed by atoms with Gasteiger partial charge >= 0.3 is 0 Å². The fourth-order valence-electron chi connectivity index (χ4n) is 2.85. The topological polar surface area (TPSA) is 71.3 Å². The monoisotopic (exact) mass is 548 g/mol. The molecule has 3 rings (SSSR count). The SMILES string of the molecule is COc1cc(/C=C(\C#N)C(=O)Nc2cccc(Cl)c2Cl)cc(Br)c1OCc1cccc(F)c1. The summed E-state index contributed by atoms with van der Waals surface area (Å²) in [7, 11) is 1.46. The van der Waals surface area contributed by atoms with E-state index in [1.807, 2.05) is 6.07 Å². The maximum atomic E-state index is 13.4. The van der Waals surface area contributed by atoms with Crippen molar-refractivity contribution in [3.8, 4) is 17.6 Å². The molecule has 0 saturated heterocycles. The Morgan fingerprint density at radius 3 is 2.67 bits per heavy atom. The van der Waals surface area contributed by atoms with Crippen LogP contribution < -0.4 is 14.8 Å². The van der Waals surface area contributed by atoms with E-state index in [0.717, 1.165) is 0 Å². The van der Waals surface area contributed by atoms with E-state index in [1.165, 1.54) is 25.3 Å². The molecular formula is C24H16BrCl2FN2O3. The van der Waals surface area contributed by atoms with Crippen LogP contribution in [0.4, 0.5) is 10.1 Å². The van der Waals surface area contributed by atoms with Crippen molar-refractivity contribution in [2.45, 2.75) is 6.61 Å². The normalized spacial score (nSPS) is 11.0. The predicted molar refractivity (Wildman–Crippen MR) is 130 cm³/mol. The molecule has 0 unspecified atom stereocenters. The number of carbonyl (C=O) groups is 1. The number of anilines is 1.